The molecule has 1 amide bonds. The summed E-state index contributed by atoms with van der Waals surface area (Å²) in [5.41, 5.74) is 1.54. The molecule has 1 aliphatic rings. The van der Waals surface area contributed by atoms with E-state index in [1.54, 1.807) is 12.1 Å². The Labute approximate surface area is 159 Å². The predicted molar refractivity (Wildman–Crippen MR) is 106 cm³/mol. The van der Waals surface area contributed by atoms with Gasteiger partial charge in [0.1, 0.15) is 5.84 Å². The number of amidine groups is 1. The second kappa shape index (κ2) is 8.35. The molecule has 1 unspecified atom stereocenters. The minimum Gasteiger partial charge on any atom is -0.326 e. The number of carbonyl (C=O) groups excluding carboxylic acids is 1. The average Bonchev–Trinajstić information content (AvgIpc) is 3.15. The fourth-order valence-corrected chi connectivity index (χ4v) is 4.10. The number of carbonyl (C=O) groups is 1. The molecule has 27 heavy (non-hydrogen) atoms. The van der Waals surface area contributed by atoms with Gasteiger partial charge in [-0.05, 0) is 36.1 Å². The Morgan fingerprint density at radius 2 is 1.93 bits per heavy atom. The van der Waals surface area contributed by atoms with Gasteiger partial charge in [-0.25, -0.2) is 8.42 Å². The van der Waals surface area contributed by atoms with Gasteiger partial charge in [0.15, 0.2) is 0 Å². The number of sulfonamides is 1. The molecule has 3 rings (SSSR count). The van der Waals surface area contributed by atoms with Gasteiger partial charge >= 0.3 is 0 Å². The zero-order chi connectivity index (χ0) is 19.3. The van der Waals surface area contributed by atoms with Crippen LogP contribution < -0.4 is 10.0 Å². The van der Waals surface area contributed by atoms with Crippen molar-refractivity contribution >= 4 is 27.5 Å². The highest BCUT2D eigenvalue weighted by Crippen LogP contribution is 2.21. The Balaban J connectivity index is 1.65. The highest BCUT2D eigenvalue weighted by atomic mass is 32.2. The van der Waals surface area contributed by atoms with Gasteiger partial charge in [0.2, 0.25) is 5.91 Å². The smallest absolute Gasteiger partial charge is 0.262 e. The minimum absolute atomic E-state index is 0.0696. The summed E-state index contributed by atoms with van der Waals surface area (Å²) in [6.07, 6.45) is 1.80. The summed E-state index contributed by atoms with van der Waals surface area (Å²) in [5, 5.41) is 2.79. The first-order chi connectivity index (χ1) is 12.9. The molecule has 0 bridgehead atoms. The SMILES string of the molecule is CC(CC(=O)Nc1cccc(S(=O)(=O)NC2=NCCC2)c1)c1ccccc1. The molecule has 7 heteroatoms. The largest absolute Gasteiger partial charge is 0.326 e. The van der Waals surface area contributed by atoms with Crippen molar-refractivity contribution in [1.29, 1.82) is 0 Å². The molecule has 0 saturated heterocycles. The molecule has 1 aliphatic heterocycles. The van der Waals surface area contributed by atoms with Crippen molar-refractivity contribution in [1.82, 2.24) is 4.72 Å². The van der Waals surface area contributed by atoms with E-state index in [1.807, 2.05) is 37.3 Å². The van der Waals surface area contributed by atoms with Gasteiger partial charge in [-0.15, -0.1) is 0 Å². The number of rotatable bonds is 6. The van der Waals surface area contributed by atoms with E-state index in [4.69, 9.17) is 0 Å². The zero-order valence-corrected chi connectivity index (χ0v) is 16.0. The monoisotopic (exact) mass is 385 g/mol. The topological polar surface area (TPSA) is 87.6 Å². The van der Waals surface area contributed by atoms with Crippen molar-refractivity contribution in [2.75, 3.05) is 11.9 Å². The molecule has 0 spiro atoms. The van der Waals surface area contributed by atoms with Crippen LogP contribution in [-0.2, 0) is 14.8 Å². The lowest BCUT2D eigenvalue weighted by Gasteiger charge is -2.13. The van der Waals surface area contributed by atoms with Crippen LogP contribution in [-0.4, -0.2) is 26.7 Å². The van der Waals surface area contributed by atoms with Gasteiger partial charge in [0.05, 0.1) is 4.90 Å². The lowest BCUT2D eigenvalue weighted by atomic mass is 9.97. The third kappa shape index (κ3) is 5.17. The van der Waals surface area contributed by atoms with Crippen LogP contribution in [0, 0.1) is 0 Å². The number of nitrogens with one attached hydrogen (secondary N) is 2. The van der Waals surface area contributed by atoms with E-state index in [0.717, 1.165) is 12.0 Å². The fourth-order valence-electron chi connectivity index (χ4n) is 2.97. The molecule has 1 atom stereocenters. The van der Waals surface area contributed by atoms with Crippen molar-refractivity contribution < 1.29 is 13.2 Å². The van der Waals surface area contributed by atoms with Crippen LogP contribution in [0.25, 0.3) is 0 Å². The van der Waals surface area contributed by atoms with E-state index in [2.05, 4.69) is 15.0 Å². The molecule has 0 radical (unpaired) electrons. The van der Waals surface area contributed by atoms with Crippen LogP contribution in [0.2, 0.25) is 0 Å². The molecule has 6 nitrogen and oxygen atoms in total. The highest BCUT2D eigenvalue weighted by Gasteiger charge is 2.19. The first kappa shape index (κ1) is 19.1. The zero-order valence-electron chi connectivity index (χ0n) is 15.2. The summed E-state index contributed by atoms with van der Waals surface area (Å²) in [6.45, 7) is 2.63. The van der Waals surface area contributed by atoms with Crippen LogP contribution in [0.3, 0.4) is 0 Å². The molecule has 2 aromatic carbocycles. The molecule has 2 N–H and O–H groups in total. The number of amides is 1. The number of hydrogen-bond acceptors (Lipinski definition) is 4. The number of aliphatic imine (C=N–C) groups is 1. The quantitative estimate of drug-likeness (QED) is 0.800. The molecule has 2 aromatic rings. The first-order valence-corrected chi connectivity index (χ1v) is 10.4. The number of benzene rings is 2. The van der Waals surface area contributed by atoms with E-state index in [1.165, 1.54) is 12.1 Å². The summed E-state index contributed by atoms with van der Waals surface area (Å²) in [7, 11) is -3.70. The van der Waals surface area contributed by atoms with E-state index in [-0.39, 0.29) is 16.7 Å². The Kier molecular flexibility index (Phi) is 5.91. The van der Waals surface area contributed by atoms with Crippen LogP contribution in [0.15, 0.2) is 64.5 Å². The molecule has 1 heterocycles. The van der Waals surface area contributed by atoms with Crippen molar-refractivity contribution in [3.05, 3.63) is 60.2 Å². The highest BCUT2D eigenvalue weighted by molar-refractivity contribution is 7.90. The molecule has 0 saturated carbocycles. The lowest BCUT2D eigenvalue weighted by molar-refractivity contribution is -0.116. The van der Waals surface area contributed by atoms with Crippen molar-refractivity contribution in [2.24, 2.45) is 4.99 Å². The van der Waals surface area contributed by atoms with Gasteiger partial charge < -0.3 is 5.32 Å². The third-order valence-corrected chi connectivity index (χ3v) is 5.79. The summed E-state index contributed by atoms with van der Waals surface area (Å²) in [6, 6.07) is 16.1. The molecule has 142 valence electrons. The number of nitrogens with zero attached hydrogens (tertiary/aromatic N) is 1. The maximum absolute atomic E-state index is 12.5. The maximum atomic E-state index is 12.5. The standard InChI is InChI=1S/C20H23N3O3S/c1-15(16-7-3-2-4-8-16)13-20(24)22-17-9-5-10-18(14-17)27(25,26)23-19-11-6-12-21-19/h2-5,7-10,14-15H,6,11-13H2,1H3,(H,21,23)(H,22,24). The maximum Gasteiger partial charge on any atom is 0.262 e. The Morgan fingerprint density at radius 1 is 1.15 bits per heavy atom. The van der Waals surface area contributed by atoms with Crippen LogP contribution in [0.1, 0.15) is 37.7 Å². The van der Waals surface area contributed by atoms with Gasteiger partial charge in [0, 0.05) is 25.1 Å². The summed E-state index contributed by atoms with van der Waals surface area (Å²) < 4.78 is 27.5. The Hall–Kier alpha value is -2.67. The van der Waals surface area contributed by atoms with Crippen molar-refractivity contribution in [3.63, 3.8) is 0 Å². The Morgan fingerprint density at radius 3 is 2.63 bits per heavy atom. The molecule has 0 fully saturated rings. The molecule has 0 aliphatic carbocycles. The molecule has 0 aromatic heterocycles. The summed E-state index contributed by atoms with van der Waals surface area (Å²) in [5.74, 6) is 0.398. The molecular weight excluding hydrogens is 362 g/mol. The van der Waals surface area contributed by atoms with E-state index in [0.29, 0.717) is 30.9 Å². The number of anilines is 1. The summed E-state index contributed by atoms with van der Waals surface area (Å²) >= 11 is 0. The van der Waals surface area contributed by atoms with Crippen molar-refractivity contribution in [3.8, 4) is 0 Å². The second-order valence-electron chi connectivity index (χ2n) is 6.63. The van der Waals surface area contributed by atoms with Crippen LogP contribution in [0.4, 0.5) is 5.69 Å². The average molecular weight is 385 g/mol. The Bertz CT molecular complexity index is 940. The third-order valence-electron chi connectivity index (χ3n) is 4.41. The second-order valence-corrected chi connectivity index (χ2v) is 8.31. The van der Waals surface area contributed by atoms with Gasteiger partial charge in [-0.2, -0.15) is 0 Å². The van der Waals surface area contributed by atoms with E-state index in [9.17, 15) is 13.2 Å². The number of hydrogen-bond donors (Lipinski definition) is 2. The van der Waals surface area contributed by atoms with Gasteiger partial charge in [-0.3, -0.25) is 14.5 Å². The lowest BCUT2D eigenvalue weighted by Crippen LogP contribution is -2.29. The predicted octanol–water partition coefficient (Wildman–Crippen LogP) is 3.29. The van der Waals surface area contributed by atoms with Crippen molar-refractivity contribution in [2.45, 2.75) is 37.0 Å². The van der Waals surface area contributed by atoms with E-state index >= 15 is 0 Å². The van der Waals surface area contributed by atoms with Gasteiger partial charge in [0.25, 0.3) is 10.0 Å². The molecular formula is C20H23N3O3S. The fraction of sp³-hybridized carbons (Fsp3) is 0.300. The van der Waals surface area contributed by atoms with Crippen LogP contribution >= 0.6 is 0 Å². The van der Waals surface area contributed by atoms with E-state index < -0.39 is 10.0 Å². The minimum atomic E-state index is -3.70. The first-order valence-electron chi connectivity index (χ1n) is 8.95. The van der Waals surface area contributed by atoms with Crippen LogP contribution in [0.5, 0.6) is 0 Å². The van der Waals surface area contributed by atoms with Gasteiger partial charge in [-0.1, -0.05) is 43.3 Å². The normalized spacial score (nSPS) is 15.1. The summed E-state index contributed by atoms with van der Waals surface area (Å²) in [4.78, 5) is 16.6.